The minimum Gasteiger partial charge on any atom is -0.390 e. The molecule has 0 spiro atoms. The van der Waals surface area contributed by atoms with Crippen LogP contribution in [0, 0.1) is 0 Å². The van der Waals surface area contributed by atoms with E-state index in [1.165, 1.54) is 17.7 Å². The molecule has 0 aliphatic rings. The molecule has 0 fully saturated rings. The lowest BCUT2D eigenvalue weighted by Gasteiger charge is -1.74. The van der Waals surface area contributed by atoms with Crippen molar-refractivity contribution in [2.45, 2.75) is 0 Å². The van der Waals surface area contributed by atoms with Crippen molar-refractivity contribution in [3.05, 3.63) is 11.6 Å². The average Bonchev–Trinajstić information content (AvgIpc) is 2.19. The van der Waals surface area contributed by atoms with Gasteiger partial charge in [0.2, 0.25) is 5.13 Å². The Morgan fingerprint density at radius 1 is 1.88 bits per heavy atom. The third-order valence-electron chi connectivity index (χ3n) is 0.604. The lowest BCUT2D eigenvalue weighted by Crippen LogP contribution is -1.85. The van der Waals surface area contributed by atoms with Gasteiger partial charge in [-0.05, 0) is 0 Å². The second kappa shape index (κ2) is 2.42. The number of hydrogen-bond acceptors (Lipinski definition) is 3. The molecule has 1 aromatic rings. The quantitative estimate of drug-likeness (QED) is 0.447. The Morgan fingerprint density at radius 2 is 2.75 bits per heavy atom. The van der Waals surface area contributed by atoms with Crippen LogP contribution < -0.4 is 5.73 Å². The molecule has 0 unspecified atom stereocenters. The van der Waals surface area contributed by atoms with Crippen molar-refractivity contribution in [1.82, 2.24) is 4.98 Å². The van der Waals surface area contributed by atoms with Gasteiger partial charge in [0.15, 0.2) is 0 Å². The normalized spacial score (nSPS) is 10.5. The van der Waals surface area contributed by atoms with Gasteiger partial charge in [0, 0.05) is 11.6 Å². The number of nitrogens with zero attached hydrogens (tertiary/aromatic N) is 2. The van der Waals surface area contributed by atoms with Gasteiger partial charge in [-0.3, -0.25) is 0 Å². The molecule has 0 atom stereocenters. The van der Waals surface area contributed by atoms with Crippen molar-refractivity contribution in [1.29, 1.82) is 0 Å². The first-order valence-corrected chi connectivity index (χ1v) is 2.95. The van der Waals surface area contributed by atoms with Crippen LogP contribution in [0.4, 0.5) is 5.13 Å². The predicted octanol–water partition coefficient (Wildman–Crippen LogP) is 0.762. The van der Waals surface area contributed by atoms with E-state index in [-0.39, 0.29) is 0 Å². The van der Waals surface area contributed by atoms with E-state index in [0.29, 0.717) is 5.13 Å². The molecule has 8 heavy (non-hydrogen) atoms. The van der Waals surface area contributed by atoms with Crippen LogP contribution in [0.5, 0.6) is 0 Å². The van der Waals surface area contributed by atoms with Crippen LogP contribution in [-0.2, 0) is 0 Å². The molecular formula is C4H5N3S. The van der Waals surface area contributed by atoms with Crippen LogP contribution in [0.15, 0.2) is 16.6 Å². The largest absolute Gasteiger partial charge is 0.390 e. The van der Waals surface area contributed by atoms with Gasteiger partial charge in [0.25, 0.3) is 0 Å². The first kappa shape index (κ1) is 5.24. The average molecular weight is 127 g/mol. The monoisotopic (exact) mass is 127 g/mol. The van der Waals surface area contributed by atoms with E-state index in [1.54, 1.807) is 6.20 Å². The van der Waals surface area contributed by atoms with Gasteiger partial charge in [-0.15, -0.1) is 11.3 Å². The molecule has 0 bridgehead atoms. The first-order chi connectivity index (χ1) is 3.93. The maximum Gasteiger partial charge on any atom is 0.210 e. The van der Waals surface area contributed by atoms with Crippen LogP contribution in [0.1, 0.15) is 0 Å². The maximum atomic E-state index is 4.99. The number of rotatable bonds is 1. The molecular weight excluding hydrogens is 122 g/mol. The van der Waals surface area contributed by atoms with E-state index < -0.39 is 0 Å². The summed E-state index contributed by atoms with van der Waals surface area (Å²) in [6.07, 6.45) is 2.92. The van der Waals surface area contributed by atoms with E-state index in [2.05, 4.69) is 9.98 Å². The standard InChI is InChI=1S/C4H5N3S/c5-3-7-4-6-1-2-8-4/h1-3H,(H2,5,6,7). The van der Waals surface area contributed by atoms with E-state index in [4.69, 9.17) is 5.73 Å². The van der Waals surface area contributed by atoms with Crippen molar-refractivity contribution < 1.29 is 0 Å². The highest BCUT2D eigenvalue weighted by atomic mass is 32.1. The fraction of sp³-hybridized carbons (Fsp3) is 0. The van der Waals surface area contributed by atoms with Crippen molar-refractivity contribution in [3.63, 3.8) is 0 Å². The number of nitrogens with two attached hydrogens (primary N) is 1. The van der Waals surface area contributed by atoms with E-state index >= 15 is 0 Å². The summed E-state index contributed by atoms with van der Waals surface area (Å²) in [5, 5.41) is 2.55. The molecule has 0 aliphatic carbocycles. The highest BCUT2D eigenvalue weighted by Gasteiger charge is 1.83. The number of aromatic nitrogens is 1. The second-order valence-electron chi connectivity index (χ2n) is 1.09. The topological polar surface area (TPSA) is 51.3 Å². The van der Waals surface area contributed by atoms with Crippen LogP contribution >= 0.6 is 11.3 Å². The van der Waals surface area contributed by atoms with Gasteiger partial charge in [-0.25, -0.2) is 9.98 Å². The van der Waals surface area contributed by atoms with Gasteiger partial charge in [0.1, 0.15) is 0 Å². The van der Waals surface area contributed by atoms with Crippen LogP contribution in [0.3, 0.4) is 0 Å². The third kappa shape index (κ3) is 1.04. The SMILES string of the molecule is N/C=N/c1nccs1. The third-order valence-corrected chi connectivity index (χ3v) is 1.28. The summed E-state index contributed by atoms with van der Waals surface area (Å²) in [6, 6.07) is 0. The Balaban J connectivity index is 2.77. The lowest BCUT2D eigenvalue weighted by molar-refractivity contribution is 1.36. The zero-order chi connectivity index (χ0) is 5.82. The minimum absolute atomic E-state index is 0.701. The molecule has 42 valence electrons. The van der Waals surface area contributed by atoms with Gasteiger partial charge in [-0.1, -0.05) is 0 Å². The Hall–Kier alpha value is -0.900. The highest BCUT2D eigenvalue weighted by molar-refractivity contribution is 7.13. The summed E-state index contributed by atoms with van der Waals surface area (Å²) >= 11 is 1.46. The Labute approximate surface area is 50.9 Å². The summed E-state index contributed by atoms with van der Waals surface area (Å²) in [7, 11) is 0. The smallest absolute Gasteiger partial charge is 0.210 e. The van der Waals surface area contributed by atoms with Crippen molar-refractivity contribution >= 4 is 22.8 Å². The molecule has 0 radical (unpaired) electrons. The summed E-state index contributed by atoms with van der Waals surface area (Å²) in [6.45, 7) is 0. The Bertz CT molecular complexity index is 167. The molecule has 0 saturated carbocycles. The summed E-state index contributed by atoms with van der Waals surface area (Å²) in [4.78, 5) is 7.57. The summed E-state index contributed by atoms with van der Waals surface area (Å²) < 4.78 is 0. The fourth-order valence-corrected chi connectivity index (χ4v) is 0.830. The lowest BCUT2D eigenvalue weighted by atomic mass is 11.0. The molecule has 2 N–H and O–H groups in total. The fourth-order valence-electron chi connectivity index (χ4n) is 0.343. The van der Waals surface area contributed by atoms with Crippen molar-refractivity contribution in [3.8, 4) is 0 Å². The van der Waals surface area contributed by atoms with Gasteiger partial charge >= 0.3 is 0 Å². The second-order valence-corrected chi connectivity index (χ2v) is 1.97. The minimum atomic E-state index is 0.701. The van der Waals surface area contributed by atoms with Crippen molar-refractivity contribution in [2.24, 2.45) is 10.7 Å². The van der Waals surface area contributed by atoms with E-state index in [0.717, 1.165) is 0 Å². The Morgan fingerprint density at radius 3 is 3.25 bits per heavy atom. The Kier molecular flexibility index (Phi) is 1.58. The zero-order valence-electron chi connectivity index (χ0n) is 4.11. The van der Waals surface area contributed by atoms with Crippen molar-refractivity contribution in [2.75, 3.05) is 0 Å². The predicted molar refractivity (Wildman–Crippen MR) is 34.5 cm³/mol. The molecule has 1 aromatic heterocycles. The number of aliphatic imine (C=N–C) groups is 1. The van der Waals surface area contributed by atoms with Gasteiger partial charge in [-0.2, -0.15) is 0 Å². The molecule has 0 amide bonds. The molecule has 0 aliphatic heterocycles. The zero-order valence-corrected chi connectivity index (χ0v) is 4.93. The van der Waals surface area contributed by atoms with Crippen LogP contribution in [-0.4, -0.2) is 11.3 Å². The number of thiazole rings is 1. The molecule has 1 rings (SSSR count). The summed E-state index contributed by atoms with van der Waals surface area (Å²) in [5.41, 5.74) is 4.99. The summed E-state index contributed by atoms with van der Waals surface area (Å²) in [5.74, 6) is 0. The molecule has 1 heterocycles. The molecule has 4 heteroatoms. The molecule has 0 saturated heterocycles. The first-order valence-electron chi connectivity index (χ1n) is 2.07. The van der Waals surface area contributed by atoms with E-state index in [9.17, 15) is 0 Å². The number of hydrogen-bond donors (Lipinski definition) is 1. The maximum absolute atomic E-state index is 4.99. The molecule has 3 nitrogen and oxygen atoms in total. The highest BCUT2D eigenvalue weighted by Crippen LogP contribution is 2.12. The molecule has 0 aromatic carbocycles. The van der Waals surface area contributed by atoms with E-state index in [1.807, 2.05) is 5.38 Å². The van der Waals surface area contributed by atoms with Gasteiger partial charge in [0.05, 0.1) is 6.34 Å². The van der Waals surface area contributed by atoms with Gasteiger partial charge < -0.3 is 5.73 Å². The van der Waals surface area contributed by atoms with Crippen LogP contribution in [0.2, 0.25) is 0 Å². The van der Waals surface area contributed by atoms with Crippen LogP contribution in [0.25, 0.3) is 0 Å².